The van der Waals surface area contributed by atoms with E-state index in [1.54, 1.807) is 55.6 Å². The Balaban J connectivity index is 1.94. The van der Waals surface area contributed by atoms with Crippen LogP contribution in [0.4, 0.5) is 4.39 Å². The summed E-state index contributed by atoms with van der Waals surface area (Å²) in [6.45, 7) is 1.99. The van der Waals surface area contributed by atoms with Crippen LogP contribution in [-0.4, -0.2) is 29.2 Å². The molecule has 0 spiro atoms. The molecule has 0 aliphatic carbocycles. The molecule has 0 aromatic heterocycles. The Morgan fingerprint density at radius 1 is 0.867 bits per heavy atom. The molecule has 5 nitrogen and oxygen atoms in total. The lowest BCUT2D eigenvalue weighted by molar-refractivity contribution is 0.354. The zero-order valence-electron chi connectivity index (χ0n) is 17.1. The molecule has 0 radical (unpaired) electrons. The molecule has 0 aliphatic rings. The van der Waals surface area contributed by atoms with Crippen molar-refractivity contribution in [2.45, 2.75) is 17.7 Å². The van der Waals surface area contributed by atoms with Gasteiger partial charge < -0.3 is 9.47 Å². The standard InChI is InChI=1S/C23H24FNO4S/c1-16-4-11-20(12-5-16)30(26,27)25-15-21(17-6-9-19(24)10-7-17)18-8-13-22(28-2)23(14-18)29-3/h4-14,21,25H,15H2,1-3H3. The highest BCUT2D eigenvalue weighted by atomic mass is 32.2. The molecule has 158 valence electrons. The Labute approximate surface area is 176 Å². The van der Waals surface area contributed by atoms with Crippen LogP contribution in [-0.2, 0) is 10.0 Å². The van der Waals surface area contributed by atoms with Crippen LogP contribution >= 0.6 is 0 Å². The van der Waals surface area contributed by atoms with Crippen molar-refractivity contribution in [3.8, 4) is 11.5 Å². The highest BCUT2D eigenvalue weighted by Gasteiger charge is 2.21. The predicted molar refractivity (Wildman–Crippen MR) is 114 cm³/mol. The maximum atomic E-state index is 13.5. The molecule has 7 heteroatoms. The Morgan fingerprint density at radius 2 is 1.47 bits per heavy atom. The fourth-order valence-electron chi connectivity index (χ4n) is 3.19. The van der Waals surface area contributed by atoms with Crippen molar-refractivity contribution < 1.29 is 22.3 Å². The molecule has 30 heavy (non-hydrogen) atoms. The van der Waals surface area contributed by atoms with Crippen LogP contribution in [0.25, 0.3) is 0 Å². The lowest BCUT2D eigenvalue weighted by Gasteiger charge is -2.20. The largest absolute Gasteiger partial charge is 0.493 e. The molecule has 0 bridgehead atoms. The van der Waals surface area contributed by atoms with Crippen molar-refractivity contribution >= 4 is 10.0 Å². The Morgan fingerprint density at radius 3 is 2.07 bits per heavy atom. The van der Waals surface area contributed by atoms with Gasteiger partial charge in [-0.2, -0.15) is 0 Å². The molecular weight excluding hydrogens is 405 g/mol. The van der Waals surface area contributed by atoms with Gasteiger partial charge in [-0.3, -0.25) is 0 Å². The lowest BCUT2D eigenvalue weighted by atomic mass is 9.91. The van der Waals surface area contributed by atoms with E-state index < -0.39 is 10.0 Å². The molecule has 0 fully saturated rings. The van der Waals surface area contributed by atoms with Crippen LogP contribution in [0.2, 0.25) is 0 Å². The van der Waals surface area contributed by atoms with Crippen molar-refractivity contribution in [1.82, 2.24) is 4.72 Å². The molecule has 1 N–H and O–H groups in total. The number of benzene rings is 3. The minimum atomic E-state index is -3.70. The summed E-state index contributed by atoms with van der Waals surface area (Å²) in [5.41, 5.74) is 2.56. The fraction of sp³-hybridized carbons (Fsp3) is 0.217. The Bertz CT molecular complexity index is 1100. The van der Waals surface area contributed by atoms with Crippen molar-refractivity contribution in [1.29, 1.82) is 0 Å². The summed E-state index contributed by atoms with van der Waals surface area (Å²) >= 11 is 0. The summed E-state index contributed by atoms with van der Waals surface area (Å²) in [6, 6.07) is 18.1. The van der Waals surface area contributed by atoms with E-state index in [-0.39, 0.29) is 23.2 Å². The van der Waals surface area contributed by atoms with Crippen LogP contribution in [0.5, 0.6) is 11.5 Å². The van der Waals surface area contributed by atoms with Gasteiger partial charge in [0.2, 0.25) is 10.0 Å². The molecule has 3 rings (SSSR count). The number of ether oxygens (including phenoxy) is 2. The molecule has 0 saturated heterocycles. The average molecular weight is 430 g/mol. The quantitative estimate of drug-likeness (QED) is 0.581. The number of sulfonamides is 1. The van der Waals surface area contributed by atoms with Crippen molar-refractivity contribution in [3.63, 3.8) is 0 Å². The maximum Gasteiger partial charge on any atom is 0.240 e. The molecule has 0 saturated carbocycles. The number of aryl methyl sites for hydroxylation is 1. The van der Waals surface area contributed by atoms with Crippen LogP contribution < -0.4 is 14.2 Å². The van der Waals surface area contributed by atoms with E-state index in [9.17, 15) is 12.8 Å². The van der Waals surface area contributed by atoms with Gasteiger partial charge in [-0.25, -0.2) is 17.5 Å². The summed E-state index contributed by atoms with van der Waals surface area (Å²) in [6.07, 6.45) is 0. The summed E-state index contributed by atoms with van der Waals surface area (Å²) in [4.78, 5) is 0.193. The summed E-state index contributed by atoms with van der Waals surface area (Å²) in [5.74, 6) is 0.388. The third-order valence-electron chi connectivity index (χ3n) is 4.89. The van der Waals surface area contributed by atoms with Gasteiger partial charge in [-0.05, 0) is 54.4 Å². The summed E-state index contributed by atoms with van der Waals surface area (Å²) < 4.78 is 52.3. The van der Waals surface area contributed by atoms with Crippen LogP contribution in [0, 0.1) is 12.7 Å². The van der Waals surface area contributed by atoms with Gasteiger partial charge in [0.1, 0.15) is 5.82 Å². The van der Waals surface area contributed by atoms with Gasteiger partial charge in [0, 0.05) is 12.5 Å². The van der Waals surface area contributed by atoms with Crippen LogP contribution in [0.3, 0.4) is 0 Å². The zero-order valence-corrected chi connectivity index (χ0v) is 17.9. The van der Waals surface area contributed by atoms with Gasteiger partial charge in [-0.15, -0.1) is 0 Å². The van der Waals surface area contributed by atoms with Crippen molar-refractivity contribution in [2.75, 3.05) is 20.8 Å². The normalized spacial score (nSPS) is 12.4. The van der Waals surface area contributed by atoms with E-state index in [1.165, 1.54) is 19.2 Å². The molecular formula is C23H24FNO4S. The van der Waals surface area contributed by atoms with Gasteiger partial charge in [0.25, 0.3) is 0 Å². The first-order chi connectivity index (χ1) is 14.3. The summed E-state index contributed by atoms with van der Waals surface area (Å²) in [5, 5.41) is 0. The maximum absolute atomic E-state index is 13.5. The zero-order chi connectivity index (χ0) is 21.7. The third-order valence-corrected chi connectivity index (χ3v) is 6.33. The third kappa shape index (κ3) is 4.98. The Kier molecular flexibility index (Phi) is 6.74. The van der Waals surface area contributed by atoms with E-state index in [1.807, 2.05) is 13.0 Å². The second-order valence-electron chi connectivity index (χ2n) is 6.88. The van der Waals surface area contributed by atoms with E-state index >= 15 is 0 Å². The number of halogens is 1. The molecule has 0 amide bonds. The van der Waals surface area contributed by atoms with Crippen LogP contribution in [0.1, 0.15) is 22.6 Å². The number of rotatable bonds is 8. The molecule has 0 aliphatic heterocycles. The monoisotopic (exact) mass is 429 g/mol. The number of methoxy groups -OCH3 is 2. The number of hydrogen-bond donors (Lipinski definition) is 1. The second-order valence-corrected chi connectivity index (χ2v) is 8.65. The first kappa shape index (κ1) is 21.8. The van der Waals surface area contributed by atoms with Crippen molar-refractivity contribution in [3.05, 3.63) is 89.2 Å². The molecule has 1 unspecified atom stereocenters. The highest BCUT2D eigenvalue weighted by molar-refractivity contribution is 7.89. The highest BCUT2D eigenvalue weighted by Crippen LogP contribution is 2.33. The predicted octanol–water partition coefficient (Wildman–Crippen LogP) is 4.26. The molecule has 1 atom stereocenters. The molecule has 3 aromatic carbocycles. The first-order valence-corrected chi connectivity index (χ1v) is 10.9. The number of hydrogen-bond acceptors (Lipinski definition) is 4. The lowest BCUT2D eigenvalue weighted by Crippen LogP contribution is -2.29. The SMILES string of the molecule is COc1ccc(C(CNS(=O)(=O)c2ccc(C)cc2)c2ccc(F)cc2)cc1OC. The van der Waals surface area contributed by atoms with Gasteiger partial charge in [0.05, 0.1) is 19.1 Å². The number of nitrogens with one attached hydrogen (secondary N) is 1. The van der Waals surface area contributed by atoms with Crippen LogP contribution in [0.15, 0.2) is 71.6 Å². The minimum Gasteiger partial charge on any atom is -0.493 e. The van der Waals surface area contributed by atoms with Crippen molar-refractivity contribution in [2.24, 2.45) is 0 Å². The van der Waals surface area contributed by atoms with E-state index in [0.717, 1.165) is 16.7 Å². The van der Waals surface area contributed by atoms with Gasteiger partial charge in [-0.1, -0.05) is 35.9 Å². The second kappa shape index (κ2) is 9.28. The average Bonchev–Trinajstić information content (AvgIpc) is 2.75. The van der Waals surface area contributed by atoms with E-state index in [4.69, 9.17) is 9.47 Å². The minimum absolute atomic E-state index is 0.0946. The molecule has 3 aromatic rings. The fourth-order valence-corrected chi connectivity index (χ4v) is 4.23. The van der Waals surface area contributed by atoms with Gasteiger partial charge in [0.15, 0.2) is 11.5 Å². The first-order valence-electron chi connectivity index (χ1n) is 9.38. The summed E-state index contributed by atoms with van der Waals surface area (Å²) in [7, 11) is -0.622. The Hall–Kier alpha value is -2.90. The smallest absolute Gasteiger partial charge is 0.240 e. The molecule has 0 heterocycles. The topological polar surface area (TPSA) is 64.6 Å². The van der Waals surface area contributed by atoms with E-state index in [2.05, 4.69) is 4.72 Å². The van der Waals surface area contributed by atoms with Gasteiger partial charge >= 0.3 is 0 Å². The van der Waals surface area contributed by atoms with E-state index in [0.29, 0.717) is 11.5 Å².